The van der Waals surface area contributed by atoms with Crippen LogP contribution in [0.2, 0.25) is 0 Å². The van der Waals surface area contributed by atoms with Crippen molar-refractivity contribution >= 4 is 0 Å². The Labute approximate surface area is 56.8 Å². The Morgan fingerprint density at radius 2 is 2.22 bits per heavy atom. The molecule has 2 heteroatoms. The highest BCUT2D eigenvalue weighted by atomic mass is 14.9. The Morgan fingerprint density at radius 1 is 1.33 bits per heavy atom. The summed E-state index contributed by atoms with van der Waals surface area (Å²) in [5, 5.41) is 3.34. The average Bonchev–Trinajstić information content (AvgIpc) is 2.13. The van der Waals surface area contributed by atoms with Gasteiger partial charge in [-0.25, -0.2) is 0 Å². The van der Waals surface area contributed by atoms with Crippen molar-refractivity contribution in [3.05, 3.63) is 0 Å². The minimum atomic E-state index is 0.493. The van der Waals surface area contributed by atoms with Crippen molar-refractivity contribution in [2.75, 3.05) is 13.1 Å². The van der Waals surface area contributed by atoms with E-state index in [4.69, 9.17) is 5.73 Å². The van der Waals surface area contributed by atoms with Gasteiger partial charge in [0.25, 0.3) is 0 Å². The summed E-state index contributed by atoms with van der Waals surface area (Å²) in [6, 6.07) is 0.493. The van der Waals surface area contributed by atoms with Gasteiger partial charge in [0.15, 0.2) is 0 Å². The van der Waals surface area contributed by atoms with E-state index >= 15 is 0 Å². The maximum atomic E-state index is 7.13. The SMILES string of the molecule is [NH]CC1CCCCCN1. The van der Waals surface area contributed by atoms with E-state index in [0.717, 1.165) is 6.54 Å². The van der Waals surface area contributed by atoms with Gasteiger partial charge < -0.3 is 5.32 Å². The third-order valence-corrected chi connectivity index (χ3v) is 1.91. The highest BCUT2D eigenvalue weighted by Crippen LogP contribution is 2.06. The molecule has 2 nitrogen and oxygen atoms in total. The van der Waals surface area contributed by atoms with E-state index in [1.807, 2.05) is 0 Å². The van der Waals surface area contributed by atoms with Crippen LogP contribution in [0.25, 0.3) is 0 Å². The molecule has 0 aliphatic carbocycles. The summed E-state index contributed by atoms with van der Waals surface area (Å²) < 4.78 is 0. The van der Waals surface area contributed by atoms with Crippen LogP contribution in [0.3, 0.4) is 0 Å². The molecule has 0 aromatic heterocycles. The summed E-state index contributed by atoms with van der Waals surface area (Å²) in [4.78, 5) is 0. The second kappa shape index (κ2) is 3.85. The predicted molar refractivity (Wildman–Crippen MR) is 38.2 cm³/mol. The molecule has 1 radical (unpaired) electrons. The van der Waals surface area contributed by atoms with Gasteiger partial charge >= 0.3 is 0 Å². The quantitative estimate of drug-likeness (QED) is 0.555. The maximum absolute atomic E-state index is 7.13. The second-order valence-corrected chi connectivity index (χ2v) is 2.70. The van der Waals surface area contributed by atoms with Gasteiger partial charge in [0.1, 0.15) is 0 Å². The van der Waals surface area contributed by atoms with Gasteiger partial charge in [-0.15, -0.1) is 0 Å². The molecule has 0 aromatic rings. The fourth-order valence-electron chi connectivity index (χ4n) is 1.27. The number of nitrogens with one attached hydrogen (secondary N) is 2. The van der Waals surface area contributed by atoms with E-state index in [2.05, 4.69) is 5.32 Å². The van der Waals surface area contributed by atoms with Crippen molar-refractivity contribution < 1.29 is 0 Å². The smallest absolute Gasteiger partial charge is 0.0254 e. The molecule has 1 atom stereocenters. The van der Waals surface area contributed by atoms with Gasteiger partial charge in [-0.2, -0.15) is 0 Å². The Kier molecular flexibility index (Phi) is 3.01. The Hall–Kier alpha value is -0.0800. The molecule has 0 bridgehead atoms. The van der Waals surface area contributed by atoms with Crippen LogP contribution in [0.4, 0.5) is 0 Å². The summed E-state index contributed by atoms with van der Waals surface area (Å²) in [6.07, 6.45) is 5.18. The summed E-state index contributed by atoms with van der Waals surface area (Å²) in [5.74, 6) is 0. The van der Waals surface area contributed by atoms with Crippen LogP contribution in [0.1, 0.15) is 25.7 Å². The molecule has 1 aliphatic rings. The van der Waals surface area contributed by atoms with Crippen LogP contribution in [0.5, 0.6) is 0 Å². The first-order valence-corrected chi connectivity index (χ1v) is 3.81. The first-order valence-electron chi connectivity index (χ1n) is 3.81. The van der Waals surface area contributed by atoms with Crippen LogP contribution in [0, 0.1) is 0 Å². The Bertz CT molecular complexity index is 65.3. The minimum absolute atomic E-state index is 0.493. The highest BCUT2D eigenvalue weighted by molar-refractivity contribution is 4.70. The molecule has 1 fully saturated rings. The fraction of sp³-hybridized carbons (Fsp3) is 1.00. The number of hydrogen-bond acceptors (Lipinski definition) is 1. The van der Waals surface area contributed by atoms with Crippen molar-refractivity contribution in [1.29, 1.82) is 0 Å². The fourth-order valence-corrected chi connectivity index (χ4v) is 1.27. The van der Waals surface area contributed by atoms with Crippen molar-refractivity contribution in [3.8, 4) is 0 Å². The van der Waals surface area contributed by atoms with Crippen molar-refractivity contribution in [2.24, 2.45) is 0 Å². The van der Waals surface area contributed by atoms with Crippen LogP contribution in [0.15, 0.2) is 0 Å². The molecule has 1 aliphatic heterocycles. The topological polar surface area (TPSA) is 35.8 Å². The normalized spacial score (nSPS) is 29.7. The van der Waals surface area contributed by atoms with E-state index in [0.29, 0.717) is 12.6 Å². The van der Waals surface area contributed by atoms with Gasteiger partial charge in [0.2, 0.25) is 0 Å². The summed E-state index contributed by atoms with van der Waals surface area (Å²) in [7, 11) is 0. The molecule has 1 unspecified atom stereocenters. The zero-order valence-electron chi connectivity index (χ0n) is 5.82. The van der Waals surface area contributed by atoms with Crippen LogP contribution in [-0.4, -0.2) is 19.1 Å². The molecule has 9 heavy (non-hydrogen) atoms. The van der Waals surface area contributed by atoms with E-state index in [1.165, 1.54) is 25.7 Å². The molecule has 0 amide bonds. The zero-order valence-corrected chi connectivity index (χ0v) is 5.82. The lowest BCUT2D eigenvalue weighted by Crippen LogP contribution is -2.31. The Morgan fingerprint density at radius 3 is 3.00 bits per heavy atom. The van der Waals surface area contributed by atoms with Gasteiger partial charge in [-0.1, -0.05) is 12.8 Å². The summed E-state index contributed by atoms with van der Waals surface area (Å²) in [6.45, 7) is 1.68. The van der Waals surface area contributed by atoms with Crippen LogP contribution >= 0.6 is 0 Å². The molecule has 1 saturated heterocycles. The minimum Gasteiger partial charge on any atom is -0.313 e. The average molecular weight is 127 g/mol. The largest absolute Gasteiger partial charge is 0.313 e. The van der Waals surface area contributed by atoms with E-state index in [-0.39, 0.29) is 0 Å². The van der Waals surface area contributed by atoms with Crippen LogP contribution in [-0.2, 0) is 0 Å². The number of hydrogen-bond donors (Lipinski definition) is 1. The highest BCUT2D eigenvalue weighted by Gasteiger charge is 2.07. The maximum Gasteiger partial charge on any atom is 0.0254 e. The van der Waals surface area contributed by atoms with E-state index in [1.54, 1.807) is 0 Å². The first kappa shape index (κ1) is 7.03. The molecular formula is C7H15N2. The lowest BCUT2D eigenvalue weighted by atomic mass is 10.1. The van der Waals surface area contributed by atoms with Crippen molar-refractivity contribution in [1.82, 2.24) is 11.1 Å². The second-order valence-electron chi connectivity index (χ2n) is 2.70. The standard InChI is InChI=1S/C7H15N2/c8-6-7-4-2-1-3-5-9-7/h7-9H,1-6H2. The van der Waals surface area contributed by atoms with E-state index in [9.17, 15) is 0 Å². The third kappa shape index (κ3) is 2.33. The molecule has 1 rings (SSSR count). The Balaban J connectivity index is 2.18. The number of rotatable bonds is 1. The zero-order chi connectivity index (χ0) is 6.53. The van der Waals surface area contributed by atoms with Gasteiger partial charge in [0.05, 0.1) is 0 Å². The molecule has 0 spiro atoms. The summed E-state index contributed by atoms with van der Waals surface area (Å²) >= 11 is 0. The lowest BCUT2D eigenvalue weighted by Gasteiger charge is -2.10. The molecule has 0 saturated carbocycles. The van der Waals surface area contributed by atoms with Gasteiger partial charge in [-0.3, -0.25) is 5.73 Å². The predicted octanol–water partition coefficient (Wildman–Crippen LogP) is 0.801. The molecule has 0 aromatic carbocycles. The van der Waals surface area contributed by atoms with Crippen molar-refractivity contribution in [2.45, 2.75) is 31.7 Å². The van der Waals surface area contributed by atoms with E-state index < -0.39 is 0 Å². The van der Waals surface area contributed by atoms with Gasteiger partial charge in [-0.05, 0) is 19.4 Å². The van der Waals surface area contributed by atoms with Crippen molar-refractivity contribution in [3.63, 3.8) is 0 Å². The molecular weight excluding hydrogens is 112 g/mol. The first-order chi connectivity index (χ1) is 4.43. The molecule has 53 valence electrons. The van der Waals surface area contributed by atoms with Crippen LogP contribution < -0.4 is 11.1 Å². The van der Waals surface area contributed by atoms with Gasteiger partial charge in [0, 0.05) is 12.6 Å². The molecule has 1 heterocycles. The summed E-state index contributed by atoms with van der Waals surface area (Å²) in [5.41, 5.74) is 7.13. The molecule has 2 N–H and O–H groups in total. The third-order valence-electron chi connectivity index (χ3n) is 1.91. The monoisotopic (exact) mass is 127 g/mol. The lowest BCUT2D eigenvalue weighted by molar-refractivity contribution is 0.514.